The monoisotopic (exact) mass is 279 g/mol. The van der Waals surface area contributed by atoms with Gasteiger partial charge in [0.25, 0.3) is 0 Å². The average molecular weight is 280 g/mol. The Bertz CT molecular complexity index is 532. The second-order valence-corrected chi connectivity index (χ2v) is 5.17. The van der Waals surface area contributed by atoms with Gasteiger partial charge in [0.1, 0.15) is 0 Å². The first kappa shape index (κ1) is 13.4. The summed E-state index contributed by atoms with van der Waals surface area (Å²) in [6.45, 7) is 2.08. The van der Waals surface area contributed by atoms with Gasteiger partial charge in [-0.05, 0) is 47.4 Å². The predicted molar refractivity (Wildman–Crippen MR) is 79.1 cm³/mol. The van der Waals surface area contributed by atoms with E-state index >= 15 is 0 Å². The van der Waals surface area contributed by atoms with Crippen LogP contribution in [0, 0.1) is 0 Å². The first-order valence-electron chi connectivity index (χ1n) is 5.92. The Balaban J connectivity index is 2.44. The minimum absolute atomic E-state index is 0.0691. The largest absolute Gasteiger partial charge is 0.324 e. The van der Waals surface area contributed by atoms with Crippen molar-refractivity contribution in [3.8, 4) is 11.1 Å². The molecule has 2 rings (SSSR count). The lowest BCUT2D eigenvalue weighted by Crippen LogP contribution is -2.08. The van der Waals surface area contributed by atoms with Crippen LogP contribution in [0.1, 0.15) is 24.9 Å². The molecule has 2 aromatic rings. The molecule has 1 nitrogen and oxygen atoms in total. The Morgan fingerprint density at radius 1 is 1.00 bits per heavy atom. The Kier molecular flexibility index (Phi) is 4.28. The summed E-state index contributed by atoms with van der Waals surface area (Å²) < 4.78 is 0. The molecule has 1 unspecified atom stereocenters. The minimum atomic E-state index is 0.0691. The van der Waals surface area contributed by atoms with Crippen molar-refractivity contribution in [2.75, 3.05) is 0 Å². The van der Waals surface area contributed by atoms with Crippen molar-refractivity contribution in [1.29, 1.82) is 0 Å². The predicted octanol–water partition coefficient (Wildman–Crippen LogP) is 5.07. The van der Waals surface area contributed by atoms with Crippen molar-refractivity contribution in [3.63, 3.8) is 0 Å². The summed E-state index contributed by atoms with van der Waals surface area (Å²) >= 11 is 12.0. The smallest absolute Gasteiger partial charge is 0.0426 e. The number of hydrogen-bond donors (Lipinski definition) is 1. The van der Waals surface area contributed by atoms with Crippen molar-refractivity contribution in [1.82, 2.24) is 0 Å². The van der Waals surface area contributed by atoms with Gasteiger partial charge in [-0.15, -0.1) is 0 Å². The van der Waals surface area contributed by atoms with Crippen molar-refractivity contribution in [2.45, 2.75) is 19.4 Å². The van der Waals surface area contributed by atoms with Crippen LogP contribution in [0.2, 0.25) is 10.0 Å². The minimum Gasteiger partial charge on any atom is -0.324 e. The van der Waals surface area contributed by atoms with Gasteiger partial charge in [-0.25, -0.2) is 0 Å². The molecule has 0 saturated carbocycles. The summed E-state index contributed by atoms with van der Waals surface area (Å²) in [6.07, 6.45) is 0.916. The van der Waals surface area contributed by atoms with Crippen LogP contribution in [-0.4, -0.2) is 0 Å². The van der Waals surface area contributed by atoms with Crippen LogP contribution in [-0.2, 0) is 0 Å². The van der Waals surface area contributed by atoms with E-state index in [4.69, 9.17) is 28.9 Å². The molecule has 0 fully saturated rings. The van der Waals surface area contributed by atoms with Crippen LogP contribution in [0.3, 0.4) is 0 Å². The molecule has 0 aliphatic rings. The first-order chi connectivity index (χ1) is 8.60. The fraction of sp³-hybridized carbons (Fsp3) is 0.200. The molecule has 0 aliphatic carbocycles. The first-order valence-corrected chi connectivity index (χ1v) is 6.67. The van der Waals surface area contributed by atoms with Crippen LogP contribution in [0.15, 0.2) is 42.5 Å². The maximum absolute atomic E-state index is 6.05. The standard InChI is InChI=1S/C15H15Cl2N/c1-2-15(18)11-5-3-4-10(6-11)12-7-13(16)9-14(17)8-12/h3-9,15H,2,18H2,1H3. The average Bonchev–Trinajstić information content (AvgIpc) is 2.37. The number of halogens is 2. The molecule has 0 saturated heterocycles. The van der Waals surface area contributed by atoms with Crippen LogP contribution in [0.5, 0.6) is 0 Å². The molecule has 0 radical (unpaired) electrons. The van der Waals surface area contributed by atoms with Gasteiger partial charge >= 0.3 is 0 Å². The van der Waals surface area contributed by atoms with E-state index in [0.717, 1.165) is 23.1 Å². The summed E-state index contributed by atoms with van der Waals surface area (Å²) in [6, 6.07) is 13.8. The van der Waals surface area contributed by atoms with Crippen LogP contribution < -0.4 is 5.73 Å². The summed E-state index contributed by atoms with van der Waals surface area (Å²) in [7, 11) is 0. The molecule has 0 aliphatic heterocycles. The van der Waals surface area contributed by atoms with E-state index in [9.17, 15) is 0 Å². The number of benzene rings is 2. The highest BCUT2D eigenvalue weighted by Crippen LogP contribution is 2.28. The van der Waals surface area contributed by atoms with Gasteiger partial charge in [-0.2, -0.15) is 0 Å². The lowest BCUT2D eigenvalue weighted by atomic mass is 9.99. The van der Waals surface area contributed by atoms with E-state index in [0.29, 0.717) is 10.0 Å². The third kappa shape index (κ3) is 3.05. The van der Waals surface area contributed by atoms with Crippen LogP contribution in [0.4, 0.5) is 0 Å². The van der Waals surface area contributed by atoms with Gasteiger partial charge < -0.3 is 5.73 Å². The molecule has 0 bridgehead atoms. The summed E-state index contributed by atoms with van der Waals surface area (Å²) in [5.74, 6) is 0. The van der Waals surface area contributed by atoms with Gasteiger partial charge in [0.05, 0.1) is 0 Å². The number of hydrogen-bond acceptors (Lipinski definition) is 1. The summed E-state index contributed by atoms with van der Waals surface area (Å²) in [4.78, 5) is 0. The van der Waals surface area contributed by atoms with Crippen molar-refractivity contribution in [2.24, 2.45) is 5.73 Å². The highest BCUT2D eigenvalue weighted by Gasteiger charge is 2.06. The summed E-state index contributed by atoms with van der Waals surface area (Å²) in [5.41, 5.74) is 9.28. The zero-order valence-corrected chi connectivity index (χ0v) is 11.7. The highest BCUT2D eigenvalue weighted by molar-refractivity contribution is 6.35. The Hall–Kier alpha value is -1.02. The fourth-order valence-electron chi connectivity index (χ4n) is 1.91. The van der Waals surface area contributed by atoms with Crippen LogP contribution in [0.25, 0.3) is 11.1 Å². The third-order valence-electron chi connectivity index (χ3n) is 2.95. The van der Waals surface area contributed by atoms with Crippen LogP contribution >= 0.6 is 23.2 Å². The van der Waals surface area contributed by atoms with Crippen molar-refractivity contribution < 1.29 is 0 Å². The molecule has 94 valence electrons. The van der Waals surface area contributed by atoms with E-state index < -0.39 is 0 Å². The zero-order chi connectivity index (χ0) is 13.1. The third-order valence-corrected chi connectivity index (χ3v) is 3.39. The second-order valence-electron chi connectivity index (χ2n) is 4.30. The van der Waals surface area contributed by atoms with Crippen molar-refractivity contribution >= 4 is 23.2 Å². The molecule has 0 heterocycles. The Morgan fingerprint density at radius 3 is 2.28 bits per heavy atom. The molecule has 2 N–H and O–H groups in total. The Morgan fingerprint density at radius 2 is 1.67 bits per heavy atom. The molecule has 0 aromatic heterocycles. The highest BCUT2D eigenvalue weighted by atomic mass is 35.5. The Labute approximate surface area is 118 Å². The topological polar surface area (TPSA) is 26.0 Å². The van der Waals surface area contributed by atoms with E-state index in [-0.39, 0.29) is 6.04 Å². The van der Waals surface area contributed by atoms with E-state index in [1.165, 1.54) is 0 Å². The summed E-state index contributed by atoms with van der Waals surface area (Å²) in [5, 5.41) is 1.28. The van der Waals surface area contributed by atoms with E-state index in [1.807, 2.05) is 30.3 Å². The number of rotatable bonds is 3. The van der Waals surface area contributed by atoms with Gasteiger partial charge in [0, 0.05) is 16.1 Å². The lowest BCUT2D eigenvalue weighted by molar-refractivity contribution is 0.699. The molecule has 0 spiro atoms. The van der Waals surface area contributed by atoms with Gasteiger partial charge in [-0.3, -0.25) is 0 Å². The van der Waals surface area contributed by atoms with Gasteiger partial charge in [-0.1, -0.05) is 48.3 Å². The van der Waals surface area contributed by atoms with E-state index in [1.54, 1.807) is 6.07 Å². The molecule has 2 aromatic carbocycles. The number of nitrogens with two attached hydrogens (primary N) is 1. The van der Waals surface area contributed by atoms with Gasteiger partial charge in [0.15, 0.2) is 0 Å². The van der Waals surface area contributed by atoms with Gasteiger partial charge in [0.2, 0.25) is 0 Å². The zero-order valence-electron chi connectivity index (χ0n) is 10.2. The molecule has 0 amide bonds. The normalized spacial score (nSPS) is 12.4. The molecular formula is C15H15Cl2N. The van der Waals surface area contributed by atoms with E-state index in [2.05, 4.69) is 13.0 Å². The maximum atomic E-state index is 6.05. The lowest BCUT2D eigenvalue weighted by Gasteiger charge is -2.11. The molecule has 18 heavy (non-hydrogen) atoms. The molecule has 3 heteroatoms. The second kappa shape index (κ2) is 5.75. The molecular weight excluding hydrogens is 265 g/mol. The maximum Gasteiger partial charge on any atom is 0.0426 e. The quantitative estimate of drug-likeness (QED) is 0.834. The molecule has 1 atom stereocenters. The SMILES string of the molecule is CCC(N)c1cccc(-c2cc(Cl)cc(Cl)c2)c1. The fourth-order valence-corrected chi connectivity index (χ4v) is 2.43. The van der Waals surface area contributed by atoms with Crippen molar-refractivity contribution in [3.05, 3.63) is 58.1 Å².